The second kappa shape index (κ2) is 11.5. The van der Waals surface area contributed by atoms with Crippen LogP contribution in [0.4, 0.5) is 5.13 Å². The summed E-state index contributed by atoms with van der Waals surface area (Å²) < 4.78 is 6.65. The normalized spacial score (nSPS) is 10.9. The van der Waals surface area contributed by atoms with Gasteiger partial charge in [0.1, 0.15) is 5.75 Å². The number of hydrogen-bond donors (Lipinski definition) is 0. The van der Waals surface area contributed by atoms with Crippen LogP contribution in [0.2, 0.25) is 0 Å². The predicted octanol–water partition coefficient (Wildman–Crippen LogP) is 5.72. The number of anilines is 1. The van der Waals surface area contributed by atoms with Crippen molar-refractivity contribution >= 4 is 45.0 Å². The molecule has 0 atom stereocenters. The Balaban J connectivity index is 0.00000341. The number of carbonyl (C=O) groups excluding carboxylic acids is 1. The molecule has 7 heteroatoms. The van der Waals surface area contributed by atoms with E-state index in [1.54, 1.807) is 0 Å². The largest absolute Gasteiger partial charge is 0.494 e. The highest BCUT2D eigenvalue weighted by Crippen LogP contribution is 2.32. The summed E-state index contributed by atoms with van der Waals surface area (Å²) in [5.41, 5.74) is 3.77. The van der Waals surface area contributed by atoms with Crippen LogP contribution < -0.4 is 9.64 Å². The van der Waals surface area contributed by atoms with Gasteiger partial charge < -0.3 is 9.64 Å². The van der Waals surface area contributed by atoms with E-state index in [9.17, 15) is 4.79 Å². The molecule has 0 N–H and O–H groups in total. The quantitative estimate of drug-likeness (QED) is 0.408. The van der Waals surface area contributed by atoms with E-state index in [1.807, 2.05) is 56.0 Å². The van der Waals surface area contributed by atoms with E-state index >= 15 is 0 Å². The molecule has 0 aliphatic carbocycles. The van der Waals surface area contributed by atoms with Crippen molar-refractivity contribution in [2.45, 2.75) is 34.6 Å². The molecule has 1 heterocycles. The van der Waals surface area contributed by atoms with Crippen LogP contribution in [0.25, 0.3) is 10.2 Å². The van der Waals surface area contributed by atoms with Crippen LogP contribution in [0.5, 0.6) is 5.75 Å². The lowest BCUT2D eigenvalue weighted by atomic mass is 10.0. The number of aromatic nitrogens is 1. The molecular weight excluding hydrogens is 430 g/mol. The van der Waals surface area contributed by atoms with Crippen LogP contribution in [0.15, 0.2) is 36.4 Å². The molecule has 0 saturated carbocycles. The summed E-state index contributed by atoms with van der Waals surface area (Å²) in [5.74, 6) is 0.833. The monoisotopic (exact) mass is 461 g/mol. The molecule has 0 aliphatic heterocycles. The van der Waals surface area contributed by atoms with Crippen molar-refractivity contribution in [2.24, 2.45) is 0 Å². The Morgan fingerprint density at radius 2 is 1.77 bits per heavy atom. The summed E-state index contributed by atoms with van der Waals surface area (Å²) in [7, 11) is 0. The topological polar surface area (TPSA) is 45.7 Å². The summed E-state index contributed by atoms with van der Waals surface area (Å²) in [6.45, 7) is 14.3. The molecule has 0 unspecified atom stereocenters. The molecule has 0 bridgehead atoms. The van der Waals surface area contributed by atoms with Crippen molar-refractivity contribution in [3.05, 3.63) is 53.1 Å². The summed E-state index contributed by atoms with van der Waals surface area (Å²) in [6.07, 6.45) is 0. The van der Waals surface area contributed by atoms with E-state index in [2.05, 4.69) is 24.8 Å². The zero-order chi connectivity index (χ0) is 21.7. The maximum absolute atomic E-state index is 13.6. The minimum atomic E-state index is 0. The van der Waals surface area contributed by atoms with Crippen molar-refractivity contribution in [3.63, 3.8) is 0 Å². The molecule has 1 aromatic heterocycles. The number of benzene rings is 2. The maximum atomic E-state index is 13.6. The average molecular weight is 462 g/mol. The number of rotatable bonds is 9. The van der Waals surface area contributed by atoms with Crippen LogP contribution in [0.3, 0.4) is 0 Å². The Bertz CT molecular complexity index is 1020. The zero-order valence-corrected chi connectivity index (χ0v) is 20.6. The molecule has 0 saturated heterocycles. The predicted molar refractivity (Wildman–Crippen MR) is 133 cm³/mol. The van der Waals surface area contributed by atoms with Crippen molar-refractivity contribution in [3.8, 4) is 5.75 Å². The number of nitrogens with zero attached hydrogens (tertiary/aromatic N) is 3. The van der Waals surface area contributed by atoms with E-state index in [0.29, 0.717) is 13.2 Å². The number of halogens is 1. The number of likely N-dealkylation sites (N-methyl/N-ethyl adjacent to an activating group) is 1. The second-order valence-corrected chi connectivity index (χ2v) is 8.37. The van der Waals surface area contributed by atoms with Gasteiger partial charge in [0.25, 0.3) is 5.91 Å². The summed E-state index contributed by atoms with van der Waals surface area (Å²) in [5, 5.41) is 0.732. The van der Waals surface area contributed by atoms with Gasteiger partial charge in [-0.3, -0.25) is 9.69 Å². The van der Waals surface area contributed by atoms with Gasteiger partial charge in [-0.05, 0) is 63.7 Å². The van der Waals surface area contributed by atoms with E-state index in [4.69, 9.17) is 9.72 Å². The van der Waals surface area contributed by atoms with Crippen LogP contribution >= 0.6 is 23.7 Å². The smallest absolute Gasteiger partial charge is 0.260 e. The number of hydrogen-bond acceptors (Lipinski definition) is 5. The Labute approximate surface area is 195 Å². The van der Waals surface area contributed by atoms with E-state index in [0.717, 1.165) is 57.4 Å². The fourth-order valence-corrected chi connectivity index (χ4v) is 4.55. The van der Waals surface area contributed by atoms with Gasteiger partial charge in [0.15, 0.2) is 5.13 Å². The summed E-state index contributed by atoms with van der Waals surface area (Å²) >= 11 is 1.54. The third kappa shape index (κ3) is 5.97. The Morgan fingerprint density at radius 3 is 2.42 bits per heavy atom. The minimum absolute atomic E-state index is 0. The van der Waals surface area contributed by atoms with Gasteiger partial charge in [-0.25, -0.2) is 4.98 Å². The van der Waals surface area contributed by atoms with Gasteiger partial charge in [-0.15, -0.1) is 12.4 Å². The third-order valence-electron chi connectivity index (χ3n) is 5.28. The Morgan fingerprint density at radius 1 is 1.03 bits per heavy atom. The molecule has 0 radical (unpaired) electrons. The molecular formula is C24H32ClN3O2S. The molecule has 0 spiro atoms. The van der Waals surface area contributed by atoms with Crippen molar-refractivity contribution in [1.82, 2.24) is 9.88 Å². The molecule has 1 amide bonds. The third-order valence-corrected chi connectivity index (χ3v) is 6.32. The highest BCUT2D eigenvalue weighted by molar-refractivity contribution is 7.22. The first-order valence-corrected chi connectivity index (χ1v) is 11.4. The van der Waals surface area contributed by atoms with Gasteiger partial charge in [-0.2, -0.15) is 0 Å². The average Bonchev–Trinajstić information content (AvgIpc) is 3.14. The molecule has 3 aromatic rings. The van der Waals surface area contributed by atoms with Crippen molar-refractivity contribution in [1.29, 1.82) is 0 Å². The Kier molecular flexibility index (Phi) is 9.29. The number of aryl methyl sites for hydroxylation is 2. The van der Waals surface area contributed by atoms with Gasteiger partial charge in [0.2, 0.25) is 0 Å². The zero-order valence-electron chi connectivity index (χ0n) is 19.0. The maximum Gasteiger partial charge on any atom is 0.260 e. The highest BCUT2D eigenvalue weighted by atomic mass is 35.5. The van der Waals surface area contributed by atoms with Crippen LogP contribution in [-0.4, -0.2) is 48.6 Å². The first kappa shape index (κ1) is 25.1. The van der Waals surface area contributed by atoms with Gasteiger partial charge in [-0.1, -0.05) is 42.9 Å². The van der Waals surface area contributed by atoms with Crippen LogP contribution in [0.1, 0.15) is 42.3 Å². The summed E-state index contributed by atoms with van der Waals surface area (Å²) in [6, 6.07) is 11.9. The molecule has 168 valence electrons. The standard InChI is InChI=1S/C24H31N3O2S.ClH/c1-6-26(7-2)13-14-27(23(28)20-11-9-17(4)15-18(20)5)24-25-21-12-10-19(29-8-3)16-22(21)30-24;/h9-12,15-16H,6-8,13-14H2,1-5H3;1H. The fraction of sp³-hybridized carbons (Fsp3) is 0.417. The van der Waals surface area contributed by atoms with Crippen LogP contribution in [0, 0.1) is 13.8 Å². The lowest BCUT2D eigenvalue weighted by molar-refractivity contribution is 0.0983. The van der Waals surface area contributed by atoms with Crippen LogP contribution in [-0.2, 0) is 0 Å². The van der Waals surface area contributed by atoms with E-state index in [-0.39, 0.29) is 18.3 Å². The van der Waals surface area contributed by atoms with Crippen molar-refractivity contribution < 1.29 is 9.53 Å². The molecule has 0 fully saturated rings. The highest BCUT2D eigenvalue weighted by Gasteiger charge is 2.23. The lowest BCUT2D eigenvalue weighted by Gasteiger charge is -2.25. The Hall–Kier alpha value is -2.15. The SMILES string of the molecule is CCOc1ccc2nc(N(CCN(CC)CC)C(=O)c3ccc(C)cc3C)sc2c1.Cl. The molecule has 0 aliphatic rings. The van der Waals surface area contributed by atoms with Gasteiger partial charge in [0.05, 0.1) is 16.8 Å². The number of ether oxygens (including phenoxy) is 1. The number of amides is 1. The number of fused-ring (bicyclic) bond motifs is 1. The first-order valence-electron chi connectivity index (χ1n) is 10.6. The number of carbonyl (C=O) groups is 1. The first-order chi connectivity index (χ1) is 14.5. The molecule has 2 aromatic carbocycles. The van der Waals surface area contributed by atoms with Gasteiger partial charge in [0, 0.05) is 18.7 Å². The molecule has 5 nitrogen and oxygen atoms in total. The minimum Gasteiger partial charge on any atom is -0.494 e. The summed E-state index contributed by atoms with van der Waals surface area (Å²) in [4.78, 5) is 22.5. The van der Waals surface area contributed by atoms with Crippen molar-refractivity contribution in [2.75, 3.05) is 37.7 Å². The lowest BCUT2D eigenvalue weighted by Crippen LogP contribution is -2.39. The van der Waals surface area contributed by atoms with Gasteiger partial charge >= 0.3 is 0 Å². The molecule has 31 heavy (non-hydrogen) atoms. The number of thiazole rings is 1. The fourth-order valence-electron chi connectivity index (χ4n) is 3.53. The van der Waals surface area contributed by atoms with E-state index < -0.39 is 0 Å². The van der Waals surface area contributed by atoms with E-state index in [1.165, 1.54) is 11.3 Å². The second-order valence-electron chi connectivity index (χ2n) is 7.36. The molecule has 3 rings (SSSR count).